The summed E-state index contributed by atoms with van der Waals surface area (Å²) in [6.07, 6.45) is 0.225. The van der Waals surface area contributed by atoms with Crippen molar-refractivity contribution in [3.05, 3.63) is 35.9 Å². The maximum absolute atomic E-state index is 11.7. The van der Waals surface area contributed by atoms with Crippen LogP contribution >= 0.6 is 0 Å². The third kappa shape index (κ3) is 2.02. The Kier molecular flexibility index (Phi) is 3.13. The number of likely N-dealkylation sites (tertiary alicyclic amines) is 1. The molecule has 1 amide bonds. The third-order valence-electron chi connectivity index (χ3n) is 3.23. The van der Waals surface area contributed by atoms with E-state index in [1.54, 1.807) is 11.9 Å². The number of hydrogen-bond acceptors (Lipinski definition) is 3. The first-order valence-corrected chi connectivity index (χ1v) is 5.53. The van der Waals surface area contributed by atoms with Gasteiger partial charge in [0, 0.05) is 13.5 Å². The molecule has 1 heterocycles. The second-order valence-corrected chi connectivity index (χ2v) is 4.19. The van der Waals surface area contributed by atoms with Gasteiger partial charge in [-0.2, -0.15) is 0 Å². The monoisotopic (exact) mass is 233 g/mol. The Hall–Kier alpha value is -1.84. The molecule has 0 N–H and O–H groups in total. The van der Waals surface area contributed by atoms with Gasteiger partial charge in [0.15, 0.2) is 0 Å². The Morgan fingerprint density at radius 2 is 2.00 bits per heavy atom. The SMILES string of the molecule is COC(=O)C1CC(=O)N(C)C1c1ccccc1. The van der Waals surface area contributed by atoms with Crippen molar-refractivity contribution >= 4 is 11.9 Å². The number of nitrogens with zero attached hydrogens (tertiary/aromatic N) is 1. The summed E-state index contributed by atoms with van der Waals surface area (Å²) in [4.78, 5) is 25.0. The molecule has 0 saturated carbocycles. The number of ether oxygens (including phenoxy) is 1. The average molecular weight is 233 g/mol. The van der Waals surface area contributed by atoms with Gasteiger partial charge in [-0.3, -0.25) is 9.59 Å². The van der Waals surface area contributed by atoms with E-state index in [1.165, 1.54) is 7.11 Å². The van der Waals surface area contributed by atoms with Gasteiger partial charge in [0.25, 0.3) is 0 Å². The van der Waals surface area contributed by atoms with Crippen LogP contribution < -0.4 is 0 Å². The van der Waals surface area contributed by atoms with E-state index in [-0.39, 0.29) is 24.3 Å². The van der Waals surface area contributed by atoms with Crippen LogP contribution in [-0.2, 0) is 14.3 Å². The largest absolute Gasteiger partial charge is 0.469 e. The summed E-state index contributed by atoms with van der Waals surface area (Å²) in [5, 5.41) is 0. The Balaban J connectivity index is 2.34. The number of esters is 1. The Bertz CT molecular complexity index is 430. The number of carbonyl (C=O) groups excluding carboxylic acids is 2. The zero-order chi connectivity index (χ0) is 12.4. The molecule has 1 aliphatic rings. The summed E-state index contributed by atoms with van der Waals surface area (Å²) < 4.78 is 4.76. The maximum Gasteiger partial charge on any atom is 0.311 e. The minimum Gasteiger partial charge on any atom is -0.469 e. The molecule has 0 radical (unpaired) electrons. The van der Waals surface area contributed by atoms with Crippen molar-refractivity contribution in [1.82, 2.24) is 4.90 Å². The van der Waals surface area contributed by atoms with Crippen LogP contribution in [-0.4, -0.2) is 30.9 Å². The number of benzene rings is 1. The normalized spacial score (nSPS) is 23.9. The van der Waals surface area contributed by atoms with E-state index in [2.05, 4.69) is 0 Å². The van der Waals surface area contributed by atoms with E-state index in [4.69, 9.17) is 4.74 Å². The maximum atomic E-state index is 11.7. The number of amides is 1. The average Bonchev–Trinajstić information content (AvgIpc) is 2.66. The summed E-state index contributed by atoms with van der Waals surface area (Å²) >= 11 is 0. The fraction of sp³-hybridized carbons (Fsp3) is 0.385. The van der Waals surface area contributed by atoms with Gasteiger partial charge in [-0.25, -0.2) is 0 Å². The van der Waals surface area contributed by atoms with Crippen LogP contribution in [0.1, 0.15) is 18.0 Å². The second-order valence-electron chi connectivity index (χ2n) is 4.19. The molecule has 17 heavy (non-hydrogen) atoms. The van der Waals surface area contributed by atoms with Gasteiger partial charge in [0.05, 0.1) is 19.1 Å². The van der Waals surface area contributed by atoms with Crippen LogP contribution in [0.5, 0.6) is 0 Å². The molecular weight excluding hydrogens is 218 g/mol. The molecule has 1 fully saturated rings. The highest BCUT2D eigenvalue weighted by Crippen LogP contribution is 2.37. The van der Waals surface area contributed by atoms with Crippen molar-refractivity contribution in [2.24, 2.45) is 5.92 Å². The van der Waals surface area contributed by atoms with Crippen LogP contribution in [0, 0.1) is 5.92 Å². The van der Waals surface area contributed by atoms with Gasteiger partial charge in [0.1, 0.15) is 0 Å². The molecule has 1 aromatic rings. The summed E-state index contributed by atoms with van der Waals surface area (Å²) in [5.41, 5.74) is 0.969. The lowest BCUT2D eigenvalue weighted by Crippen LogP contribution is -2.27. The fourth-order valence-electron chi connectivity index (χ4n) is 2.34. The summed E-state index contributed by atoms with van der Waals surface area (Å²) in [7, 11) is 3.08. The molecule has 4 heteroatoms. The van der Waals surface area contributed by atoms with E-state index < -0.39 is 5.92 Å². The minimum absolute atomic E-state index is 0.0192. The lowest BCUT2D eigenvalue weighted by Gasteiger charge is -2.23. The second kappa shape index (κ2) is 4.57. The van der Waals surface area contributed by atoms with Crippen LogP contribution in [0.2, 0.25) is 0 Å². The smallest absolute Gasteiger partial charge is 0.311 e. The fourth-order valence-corrected chi connectivity index (χ4v) is 2.34. The van der Waals surface area contributed by atoms with E-state index >= 15 is 0 Å². The standard InChI is InChI=1S/C13H15NO3/c1-14-11(15)8-10(13(16)17-2)12(14)9-6-4-3-5-7-9/h3-7,10,12H,8H2,1-2H3. The molecule has 1 aromatic carbocycles. The first kappa shape index (κ1) is 11.6. The lowest BCUT2D eigenvalue weighted by atomic mass is 9.94. The van der Waals surface area contributed by atoms with Crippen molar-refractivity contribution in [2.75, 3.05) is 14.2 Å². The molecule has 0 spiro atoms. The van der Waals surface area contributed by atoms with Crippen LogP contribution in [0.4, 0.5) is 0 Å². The molecule has 0 aliphatic carbocycles. The molecule has 2 rings (SSSR count). The van der Waals surface area contributed by atoms with Crippen molar-refractivity contribution in [2.45, 2.75) is 12.5 Å². The van der Waals surface area contributed by atoms with Crippen molar-refractivity contribution in [1.29, 1.82) is 0 Å². The third-order valence-corrected chi connectivity index (χ3v) is 3.23. The number of rotatable bonds is 2. The van der Waals surface area contributed by atoms with E-state index in [0.717, 1.165) is 5.56 Å². The van der Waals surface area contributed by atoms with E-state index in [1.807, 2.05) is 30.3 Å². The van der Waals surface area contributed by atoms with Crippen molar-refractivity contribution in [3.63, 3.8) is 0 Å². The van der Waals surface area contributed by atoms with Gasteiger partial charge in [0.2, 0.25) is 5.91 Å². The van der Waals surface area contributed by atoms with Gasteiger partial charge >= 0.3 is 5.97 Å². The quantitative estimate of drug-likeness (QED) is 0.725. The molecule has 1 aliphatic heterocycles. The highest BCUT2D eigenvalue weighted by molar-refractivity contribution is 5.87. The van der Waals surface area contributed by atoms with Crippen LogP contribution in [0.25, 0.3) is 0 Å². The predicted octanol–water partition coefficient (Wildman–Crippen LogP) is 1.38. The minimum atomic E-state index is -0.403. The molecule has 2 unspecified atom stereocenters. The van der Waals surface area contributed by atoms with E-state index in [0.29, 0.717) is 0 Å². The lowest BCUT2D eigenvalue weighted by molar-refractivity contribution is -0.146. The van der Waals surface area contributed by atoms with E-state index in [9.17, 15) is 9.59 Å². The number of hydrogen-bond donors (Lipinski definition) is 0. The Morgan fingerprint density at radius 3 is 2.59 bits per heavy atom. The van der Waals surface area contributed by atoms with Crippen LogP contribution in [0.3, 0.4) is 0 Å². The molecule has 4 nitrogen and oxygen atoms in total. The topological polar surface area (TPSA) is 46.6 Å². The Morgan fingerprint density at radius 1 is 1.35 bits per heavy atom. The van der Waals surface area contributed by atoms with Gasteiger partial charge < -0.3 is 9.64 Å². The molecule has 2 atom stereocenters. The molecule has 0 bridgehead atoms. The first-order chi connectivity index (χ1) is 8.15. The molecule has 0 aromatic heterocycles. The van der Waals surface area contributed by atoms with Gasteiger partial charge in [-0.1, -0.05) is 30.3 Å². The zero-order valence-corrected chi connectivity index (χ0v) is 9.92. The number of methoxy groups -OCH3 is 1. The van der Waals surface area contributed by atoms with Crippen molar-refractivity contribution < 1.29 is 14.3 Å². The van der Waals surface area contributed by atoms with Crippen LogP contribution in [0.15, 0.2) is 30.3 Å². The highest BCUT2D eigenvalue weighted by atomic mass is 16.5. The van der Waals surface area contributed by atoms with Gasteiger partial charge in [-0.15, -0.1) is 0 Å². The summed E-state index contributed by atoms with van der Waals surface area (Å²) in [6, 6.07) is 9.36. The number of carbonyl (C=O) groups is 2. The summed E-state index contributed by atoms with van der Waals surface area (Å²) in [6.45, 7) is 0. The molecule has 90 valence electrons. The summed E-state index contributed by atoms with van der Waals surface area (Å²) in [5.74, 6) is -0.745. The molecular formula is C13H15NO3. The van der Waals surface area contributed by atoms with Crippen molar-refractivity contribution in [3.8, 4) is 0 Å². The zero-order valence-electron chi connectivity index (χ0n) is 9.92. The predicted molar refractivity (Wildman–Crippen MR) is 62.1 cm³/mol. The first-order valence-electron chi connectivity index (χ1n) is 5.53. The molecule has 1 saturated heterocycles. The van der Waals surface area contributed by atoms with Gasteiger partial charge in [-0.05, 0) is 5.56 Å². The highest BCUT2D eigenvalue weighted by Gasteiger charge is 2.43. The Labute approximate surface area is 100 Å².